The molecule has 2 aromatic rings. The Hall–Kier alpha value is -5.46. The maximum atomic E-state index is 12.3. The molecule has 13 nitrogen and oxygen atoms in total. The minimum Gasteiger partial charge on any atom is -0.493 e. The van der Waals surface area contributed by atoms with Gasteiger partial charge in [-0.25, -0.2) is 9.59 Å². The van der Waals surface area contributed by atoms with Gasteiger partial charge in [-0.2, -0.15) is 0 Å². The highest BCUT2D eigenvalue weighted by atomic mass is 16.6. The van der Waals surface area contributed by atoms with E-state index in [1.165, 1.54) is 13.8 Å². The number of carboxylic acid groups (broad SMARTS) is 2. The molecule has 2 N–H and O–H groups in total. The van der Waals surface area contributed by atoms with E-state index in [9.17, 15) is 28.8 Å². The summed E-state index contributed by atoms with van der Waals surface area (Å²) in [5.74, 6) is -4.02. The third kappa shape index (κ3) is 15.3. The van der Waals surface area contributed by atoms with Crippen LogP contribution >= 0.6 is 0 Å². The summed E-state index contributed by atoms with van der Waals surface area (Å²) in [7, 11) is 0. The van der Waals surface area contributed by atoms with Crippen molar-refractivity contribution in [1.82, 2.24) is 0 Å². The standard InChI is InChI=1S/C38H46O13/c1-24(2)36(45)49-21-26(19-29(39)11-16-33(40)41)20-47-30-12-7-27(8-13-30)38(5,6)28-9-14-31(15-10-28)48-22-32(23-50-37(46)25(3)4)51-35(44)18-17-34(42)43/h7-10,12-15,26,32H,1,3,11,16-23H2,2,4-6H3,(H,40,41)(H,42,43). The minimum atomic E-state index is -1.15. The van der Waals surface area contributed by atoms with Crippen LogP contribution in [0.15, 0.2) is 72.8 Å². The molecule has 0 bridgehead atoms. The van der Waals surface area contributed by atoms with Crippen LogP contribution in [0.1, 0.15) is 70.9 Å². The maximum Gasteiger partial charge on any atom is 0.333 e. The second kappa shape index (κ2) is 20.3. The summed E-state index contributed by atoms with van der Waals surface area (Å²) in [5.41, 5.74) is 1.85. The molecule has 2 rings (SSSR count). The normalized spacial score (nSPS) is 12.1. The summed E-state index contributed by atoms with van der Waals surface area (Å²) in [4.78, 5) is 69.9. The molecule has 0 heterocycles. The van der Waals surface area contributed by atoms with Gasteiger partial charge in [0.05, 0.1) is 32.5 Å². The number of hydrogen-bond donors (Lipinski definition) is 2. The second-order valence-electron chi connectivity index (χ2n) is 12.6. The van der Waals surface area contributed by atoms with Crippen LogP contribution in [0, 0.1) is 5.92 Å². The third-order valence-corrected chi connectivity index (χ3v) is 7.60. The van der Waals surface area contributed by atoms with E-state index in [0.717, 1.165) is 11.1 Å². The number of benzene rings is 2. The Balaban J connectivity index is 2.05. The van der Waals surface area contributed by atoms with Crippen molar-refractivity contribution in [3.05, 3.63) is 84.0 Å². The Bertz CT molecular complexity index is 1440. The largest absolute Gasteiger partial charge is 0.493 e. The van der Waals surface area contributed by atoms with Crippen LogP contribution in [0.2, 0.25) is 0 Å². The Morgan fingerprint density at radius 3 is 1.57 bits per heavy atom. The van der Waals surface area contributed by atoms with Crippen LogP contribution in [-0.2, 0) is 48.4 Å². The Labute approximate surface area is 297 Å². The molecule has 0 radical (unpaired) electrons. The predicted octanol–water partition coefficient (Wildman–Crippen LogP) is 5.23. The number of esters is 3. The van der Waals surface area contributed by atoms with Gasteiger partial charge in [0.1, 0.15) is 30.5 Å². The molecule has 0 fully saturated rings. The van der Waals surface area contributed by atoms with E-state index in [2.05, 4.69) is 13.2 Å². The van der Waals surface area contributed by atoms with Crippen LogP contribution < -0.4 is 9.47 Å². The molecule has 0 saturated heterocycles. The van der Waals surface area contributed by atoms with E-state index in [1.807, 2.05) is 38.1 Å². The topological polar surface area (TPSA) is 189 Å². The van der Waals surface area contributed by atoms with Gasteiger partial charge < -0.3 is 33.9 Å². The summed E-state index contributed by atoms with van der Waals surface area (Å²) >= 11 is 0. The second-order valence-corrected chi connectivity index (χ2v) is 12.6. The number of carbonyl (C=O) groups is 6. The fourth-order valence-electron chi connectivity index (χ4n) is 4.52. The van der Waals surface area contributed by atoms with Gasteiger partial charge in [0.25, 0.3) is 0 Å². The number of ketones is 1. The van der Waals surface area contributed by atoms with Gasteiger partial charge in [0.2, 0.25) is 0 Å². The first kappa shape index (κ1) is 41.7. The zero-order valence-corrected chi connectivity index (χ0v) is 29.4. The van der Waals surface area contributed by atoms with Gasteiger partial charge in [0.15, 0.2) is 6.10 Å². The Morgan fingerprint density at radius 1 is 0.647 bits per heavy atom. The zero-order valence-electron chi connectivity index (χ0n) is 29.4. The molecule has 0 aromatic heterocycles. The molecule has 2 aromatic carbocycles. The fourth-order valence-corrected chi connectivity index (χ4v) is 4.52. The molecule has 2 atom stereocenters. The van der Waals surface area contributed by atoms with E-state index in [1.54, 1.807) is 24.3 Å². The predicted molar refractivity (Wildman–Crippen MR) is 184 cm³/mol. The van der Waals surface area contributed by atoms with Crippen molar-refractivity contribution in [2.24, 2.45) is 5.92 Å². The van der Waals surface area contributed by atoms with E-state index in [4.69, 9.17) is 33.9 Å². The summed E-state index contributed by atoms with van der Waals surface area (Å²) in [6.07, 6.45) is -2.15. The molecule has 0 aliphatic heterocycles. The van der Waals surface area contributed by atoms with Crippen LogP contribution in [0.3, 0.4) is 0 Å². The monoisotopic (exact) mass is 710 g/mol. The average Bonchev–Trinajstić information content (AvgIpc) is 3.08. The number of carboxylic acids is 2. The fraction of sp³-hybridized carbons (Fsp3) is 0.421. The molecular formula is C38H46O13. The first-order chi connectivity index (χ1) is 24.0. The van der Waals surface area contributed by atoms with E-state index >= 15 is 0 Å². The Kier molecular flexibility index (Phi) is 16.6. The number of carbonyl (C=O) groups excluding carboxylic acids is 4. The Morgan fingerprint density at radius 2 is 1.10 bits per heavy atom. The van der Waals surface area contributed by atoms with Crippen molar-refractivity contribution in [1.29, 1.82) is 0 Å². The molecule has 0 saturated carbocycles. The highest BCUT2D eigenvalue weighted by Crippen LogP contribution is 2.33. The summed E-state index contributed by atoms with van der Waals surface area (Å²) in [6, 6.07) is 14.6. The molecule has 0 aliphatic carbocycles. The number of hydrogen-bond acceptors (Lipinski definition) is 11. The molecule has 276 valence electrons. The van der Waals surface area contributed by atoms with Crippen LogP contribution in [-0.4, -0.2) is 78.4 Å². The van der Waals surface area contributed by atoms with Gasteiger partial charge in [-0.3, -0.25) is 19.2 Å². The smallest absolute Gasteiger partial charge is 0.333 e. The minimum absolute atomic E-state index is 0.0113. The lowest BCUT2D eigenvalue weighted by Gasteiger charge is -2.27. The SMILES string of the molecule is C=C(C)C(=O)OCC(COc1ccc(C(C)(C)c2ccc(OCC(COC(=O)C(=C)C)OC(=O)CCC(=O)O)cc2)cc1)CC(=O)CCC(=O)O. The van der Waals surface area contributed by atoms with E-state index in [0.29, 0.717) is 11.5 Å². The average molecular weight is 711 g/mol. The quantitative estimate of drug-likeness (QED) is 0.0868. The molecule has 0 amide bonds. The van der Waals surface area contributed by atoms with Crippen molar-refractivity contribution in [2.75, 3.05) is 26.4 Å². The van der Waals surface area contributed by atoms with Gasteiger partial charge in [-0.1, -0.05) is 51.3 Å². The third-order valence-electron chi connectivity index (χ3n) is 7.60. The summed E-state index contributed by atoms with van der Waals surface area (Å²) in [6.45, 7) is 13.6. The van der Waals surface area contributed by atoms with Crippen molar-refractivity contribution in [2.45, 2.75) is 71.3 Å². The van der Waals surface area contributed by atoms with Crippen molar-refractivity contribution in [3.8, 4) is 11.5 Å². The highest BCUT2D eigenvalue weighted by Gasteiger charge is 2.25. The first-order valence-electron chi connectivity index (χ1n) is 16.2. The maximum absolute atomic E-state index is 12.3. The number of ether oxygens (including phenoxy) is 5. The number of Topliss-reactive ketones (excluding diaryl/α,β-unsaturated/α-hetero) is 1. The van der Waals surface area contributed by atoms with Gasteiger partial charge in [0, 0.05) is 35.3 Å². The van der Waals surface area contributed by atoms with Crippen LogP contribution in [0.25, 0.3) is 0 Å². The molecule has 0 aliphatic rings. The molecule has 2 unspecified atom stereocenters. The first-order valence-corrected chi connectivity index (χ1v) is 16.2. The lowest BCUT2D eigenvalue weighted by molar-refractivity contribution is -0.160. The highest BCUT2D eigenvalue weighted by molar-refractivity contribution is 5.87. The molecule has 0 spiro atoms. The van der Waals surface area contributed by atoms with Crippen molar-refractivity contribution < 1.29 is 62.7 Å². The van der Waals surface area contributed by atoms with Crippen molar-refractivity contribution >= 4 is 35.6 Å². The summed E-state index contributed by atoms with van der Waals surface area (Å²) in [5, 5.41) is 17.7. The van der Waals surface area contributed by atoms with Gasteiger partial charge >= 0.3 is 29.8 Å². The lowest BCUT2D eigenvalue weighted by Crippen LogP contribution is -2.31. The van der Waals surface area contributed by atoms with Gasteiger partial charge in [-0.05, 0) is 49.2 Å². The number of aliphatic carboxylic acids is 2. The van der Waals surface area contributed by atoms with E-state index in [-0.39, 0.29) is 69.0 Å². The molecule has 51 heavy (non-hydrogen) atoms. The van der Waals surface area contributed by atoms with Gasteiger partial charge in [-0.15, -0.1) is 0 Å². The molecule has 13 heteroatoms. The van der Waals surface area contributed by atoms with E-state index < -0.39 is 53.7 Å². The van der Waals surface area contributed by atoms with Crippen molar-refractivity contribution in [3.63, 3.8) is 0 Å². The van der Waals surface area contributed by atoms with Crippen LogP contribution in [0.4, 0.5) is 0 Å². The summed E-state index contributed by atoms with van der Waals surface area (Å²) < 4.78 is 27.4. The number of rotatable bonds is 23. The molecular weight excluding hydrogens is 664 g/mol. The zero-order chi connectivity index (χ0) is 38.1. The van der Waals surface area contributed by atoms with Crippen LogP contribution in [0.5, 0.6) is 11.5 Å². The lowest BCUT2D eigenvalue weighted by atomic mass is 9.78.